The average Bonchev–Trinajstić information content (AvgIpc) is 2.70. The monoisotopic (exact) mass is 376 g/mol. The zero-order valence-corrected chi connectivity index (χ0v) is 16.4. The summed E-state index contributed by atoms with van der Waals surface area (Å²) in [6.45, 7) is 3.97. The van der Waals surface area contributed by atoms with Crippen LogP contribution in [0.1, 0.15) is 35.1 Å². The van der Waals surface area contributed by atoms with Crippen LogP contribution in [0.3, 0.4) is 0 Å². The highest BCUT2D eigenvalue weighted by Crippen LogP contribution is 2.25. The van der Waals surface area contributed by atoms with Crippen molar-refractivity contribution >= 4 is 11.6 Å². The van der Waals surface area contributed by atoms with Gasteiger partial charge in [-0.25, -0.2) is 0 Å². The fourth-order valence-electron chi connectivity index (χ4n) is 2.83. The van der Waals surface area contributed by atoms with Crippen molar-refractivity contribution in [1.82, 2.24) is 4.98 Å². The van der Waals surface area contributed by atoms with Gasteiger partial charge in [0.1, 0.15) is 17.2 Å². The van der Waals surface area contributed by atoms with Crippen LogP contribution in [0.15, 0.2) is 60.7 Å². The predicted octanol–water partition coefficient (Wildman–Crippen LogP) is 5.40. The number of benzene rings is 2. The maximum absolute atomic E-state index is 12.5. The van der Waals surface area contributed by atoms with E-state index >= 15 is 0 Å². The van der Waals surface area contributed by atoms with Crippen LogP contribution >= 0.6 is 0 Å². The van der Waals surface area contributed by atoms with E-state index in [1.54, 1.807) is 7.11 Å². The summed E-state index contributed by atoms with van der Waals surface area (Å²) in [5.74, 6) is 2.01. The van der Waals surface area contributed by atoms with Crippen molar-refractivity contribution in [2.75, 3.05) is 12.4 Å². The topological polar surface area (TPSA) is 60.5 Å². The summed E-state index contributed by atoms with van der Waals surface area (Å²) in [4.78, 5) is 17.1. The fourth-order valence-corrected chi connectivity index (χ4v) is 2.83. The SMILES string of the molecule is CCCc1ccc(C(=O)Nc2ccc(Oc3ccc(OC)cc3)cc2)c(C)n1. The lowest BCUT2D eigenvalue weighted by Gasteiger charge is -2.10. The molecule has 3 rings (SSSR count). The molecule has 0 saturated heterocycles. The highest BCUT2D eigenvalue weighted by atomic mass is 16.5. The van der Waals surface area contributed by atoms with Crippen LogP contribution < -0.4 is 14.8 Å². The first-order valence-corrected chi connectivity index (χ1v) is 9.29. The van der Waals surface area contributed by atoms with Crippen LogP contribution in [0, 0.1) is 6.92 Å². The van der Waals surface area contributed by atoms with Crippen molar-refractivity contribution in [1.29, 1.82) is 0 Å². The van der Waals surface area contributed by atoms with E-state index in [-0.39, 0.29) is 5.91 Å². The average molecular weight is 376 g/mol. The molecule has 1 N–H and O–H groups in total. The molecule has 0 aliphatic rings. The summed E-state index contributed by atoms with van der Waals surface area (Å²) in [5, 5.41) is 2.91. The van der Waals surface area contributed by atoms with Crippen LogP contribution in [0.5, 0.6) is 17.2 Å². The van der Waals surface area contributed by atoms with Gasteiger partial charge in [-0.3, -0.25) is 9.78 Å². The second-order valence-corrected chi connectivity index (χ2v) is 6.44. The maximum atomic E-state index is 12.5. The Morgan fingerprint density at radius 2 is 1.54 bits per heavy atom. The van der Waals surface area contributed by atoms with Crippen LogP contribution in [0.2, 0.25) is 0 Å². The molecule has 0 unspecified atom stereocenters. The maximum Gasteiger partial charge on any atom is 0.257 e. The molecule has 0 fully saturated rings. The molecule has 28 heavy (non-hydrogen) atoms. The smallest absolute Gasteiger partial charge is 0.257 e. The van der Waals surface area contributed by atoms with E-state index in [1.807, 2.05) is 67.6 Å². The first kappa shape index (κ1) is 19.4. The molecule has 1 amide bonds. The van der Waals surface area contributed by atoms with Gasteiger partial charge < -0.3 is 14.8 Å². The zero-order valence-electron chi connectivity index (χ0n) is 16.4. The van der Waals surface area contributed by atoms with E-state index in [2.05, 4.69) is 17.2 Å². The lowest BCUT2D eigenvalue weighted by molar-refractivity contribution is 0.102. The van der Waals surface area contributed by atoms with Gasteiger partial charge in [0.25, 0.3) is 5.91 Å². The number of amides is 1. The van der Waals surface area contributed by atoms with Crippen molar-refractivity contribution in [3.63, 3.8) is 0 Å². The van der Waals surface area contributed by atoms with Crippen molar-refractivity contribution in [3.05, 3.63) is 77.6 Å². The van der Waals surface area contributed by atoms with E-state index in [1.165, 1.54) is 0 Å². The minimum Gasteiger partial charge on any atom is -0.497 e. The molecule has 0 bridgehead atoms. The second kappa shape index (κ2) is 9.04. The van der Waals surface area contributed by atoms with Crippen LogP contribution in [0.4, 0.5) is 5.69 Å². The Bertz CT molecular complexity index is 935. The number of hydrogen-bond donors (Lipinski definition) is 1. The number of pyridine rings is 1. The van der Waals surface area contributed by atoms with Crippen LogP contribution in [0.25, 0.3) is 0 Å². The standard InChI is InChI=1S/C23H24N2O3/c1-4-5-17-8-15-22(16(2)24-17)23(26)25-18-6-9-20(10-7-18)28-21-13-11-19(27-3)12-14-21/h6-15H,4-5H2,1-3H3,(H,25,26). The number of aromatic nitrogens is 1. The molecule has 5 nitrogen and oxygen atoms in total. The zero-order chi connectivity index (χ0) is 19.9. The van der Waals surface area contributed by atoms with Crippen LogP contribution in [-0.2, 0) is 6.42 Å². The van der Waals surface area contributed by atoms with Crippen molar-refractivity contribution in [2.24, 2.45) is 0 Å². The van der Waals surface area contributed by atoms with Gasteiger partial charge in [-0.2, -0.15) is 0 Å². The quantitative estimate of drug-likeness (QED) is 0.600. The van der Waals surface area contributed by atoms with E-state index < -0.39 is 0 Å². The van der Waals surface area contributed by atoms with Gasteiger partial charge in [0.05, 0.1) is 18.4 Å². The van der Waals surface area contributed by atoms with Crippen molar-refractivity contribution < 1.29 is 14.3 Å². The van der Waals surface area contributed by atoms with Gasteiger partial charge in [-0.1, -0.05) is 13.3 Å². The lowest BCUT2D eigenvalue weighted by Crippen LogP contribution is -2.14. The third-order valence-corrected chi connectivity index (χ3v) is 4.30. The van der Waals surface area contributed by atoms with Gasteiger partial charge in [0.15, 0.2) is 0 Å². The van der Waals surface area contributed by atoms with E-state index in [0.29, 0.717) is 22.7 Å². The van der Waals surface area contributed by atoms with Gasteiger partial charge in [-0.15, -0.1) is 0 Å². The number of nitrogens with one attached hydrogen (secondary N) is 1. The van der Waals surface area contributed by atoms with Gasteiger partial charge >= 0.3 is 0 Å². The highest BCUT2D eigenvalue weighted by Gasteiger charge is 2.11. The molecule has 2 aromatic carbocycles. The van der Waals surface area contributed by atoms with Crippen LogP contribution in [-0.4, -0.2) is 18.0 Å². The first-order chi connectivity index (χ1) is 13.6. The Labute approximate surface area is 165 Å². The summed E-state index contributed by atoms with van der Waals surface area (Å²) in [6.07, 6.45) is 1.95. The van der Waals surface area contributed by atoms with Crippen molar-refractivity contribution in [3.8, 4) is 17.2 Å². The summed E-state index contributed by atoms with van der Waals surface area (Å²) in [6, 6.07) is 18.4. The summed E-state index contributed by atoms with van der Waals surface area (Å²) >= 11 is 0. The first-order valence-electron chi connectivity index (χ1n) is 9.29. The molecule has 3 aromatic rings. The Morgan fingerprint density at radius 3 is 2.11 bits per heavy atom. The normalized spacial score (nSPS) is 10.4. The summed E-state index contributed by atoms with van der Waals surface area (Å²) in [5.41, 5.74) is 3.03. The lowest BCUT2D eigenvalue weighted by atomic mass is 10.1. The third-order valence-electron chi connectivity index (χ3n) is 4.30. The number of ether oxygens (including phenoxy) is 2. The fraction of sp³-hybridized carbons (Fsp3) is 0.217. The number of nitrogens with zero attached hydrogens (tertiary/aromatic N) is 1. The number of aryl methyl sites for hydroxylation is 2. The molecule has 0 radical (unpaired) electrons. The molecule has 0 saturated carbocycles. The molecule has 5 heteroatoms. The van der Waals surface area contributed by atoms with Crippen molar-refractivity contribution in [2.45, 2.75) is 26.7 Å². The number of carbonyl (C=O) groups excluding carboxylic acids is 1. The third kappa shape index (κ3) is 4.88. The van der Waals surface area contributed by atoms with Gasteiger partial charge in [-0.05, 0) is 74.0 Å². The Hall–Kier alpha value is -3.34. The summed E-state index contributed by atoms with van der Waals surface area (Å²) < 4.78 is 10.9. The number of carbonyl (C=O) groups is 1. The minimum atomic E-state index is -0.170. The largest absolute Gasteiger partial charge is 0.497 e. The van der Waals surface area contributed by atoms with E-state index in [9.17, 15) is 4.79 Å². The molecular formula is C23H24N2O3. The number of methoxy groups -OCH3 is 1. The molecule has 0 atom stereocenters. The number of rotatable bonds is 7. The number of anilines is 1. The number of hydrogen-bond acceptors (Lipinski definition) is 4. The second-order valence-electron chi connectivity index (χ2n) is 6.44. The van der Waals surface area contributed by atoms with E-state index in [4.69, 9.17) is 9.47 Å². The molecule has 0 aliphatic heterocycles. The molecule has 144 valence electrons. The molecule has 0 spiro atoms. The Balaban J connectivity index is 1.64. The molecule has 1 heterocycles. The molecule has 0 aliphatic carbocycles. The predicted molar refractivity (Wildman–Crippen MR) is 110 cm³/mol. The van der Waals surface area contributed by atoms with Gasteiger partial charge in [0, 0.05) is 11.4 Å². The highest BCUT2D eigenvalue weighted by molar-refractivity contribution is 6.05. The Morgan fingerprint density at radius 1 is 0.929 bits per heavy atom. The van der Waals surface area contributed by atoms with Gasteiger partial charge in [0.2, 0.25) is 0 Å². The minimum absolute atomic E-state index is 0.170. The Kier molecular flexibility index (Phi) is 6.27. The molecule has 1 aromatic heterocycles. The van der Waals surface area contributed by atoms with E-state index in [0.717, 1.165) is 30.0 Å². The molecular weight excluding hydrogens is 352 g/mol. The summed E-state index contributed by atoms with van der Waals surface area (Å²) in [7, 11) is 1.62.